The zero-order valence-corrected chi connectivity index (χ0v) is 23.2. The molecule has 1 aromatic rings. The molecule has 2 aliphatic heterocycles. The Labute approximate surface area is 221 Å². The summed E-state index contributed by atoms with van der Waals surface area (Å²) in [5, 5.41) is 10.8. The van der Waals surface area contributed by atoms with Crippen LogP contribution in [0.15, 0.2) is 48.6 Å². The van der Waals surface area contributed by atoms with Gasteiger partial charge in [-0.3, -0.25) is 0 Å². The standard InChI is InChI=1S/C29H44O4S2/c1-21-16-27(12-13-32-20-24-7-9-26(31-4)10-8-24)33-28(17-21)19-25(30)18-23(3)22(2)6-11-29-34-14-5-15-35-29/h7-10,22,25,27-30H,1,3,5-6,11-20H2,2,4H3/t22-,25+,27-,28-/m0/s1. The SMILES string of the molecule is C=C1C[C@H](CCOCc2ccc(OC)cc2)O[C@H](C[C@H](O)CC(=C)[C@@H](C)CCC2SCCCS2)C1. The molecule has 0 spiro atoms. The summed E-state index contributed by atoms with van der Waals surface area (Å²) in [5.74, 6) is 3.90. The number of aliphatic hydroxyl groups is 1. The number of hydrogen-bond acceptors (Lipinski definition) is 6. The zero-order chi connectivity index (χ0) is 25.0. The van der Waals surface area contributed by atoms with E-state index in [2.05, 4.69) is 43.6 Å². The average Bonchev–Trinajstić information content (AvgIpc) is 2.85. The Morgan fingerprint density at radius 2 is 1.86 bits per heavy atom. The molecule has 3 rings (SSSR count). The molecule has 2 heterocycles. The first kappa shape index (κ1) is 28.6. The maximum atomic E-state index is 10.8. The van der Waals surface area contributed by atoms with E-state index in [1.165, 1.54) is 35.5 Å². The topological polar surface area (TPSA) is 47.9 Å². The summed E-state index contributed by atoms with van der Waals surface area (Å²) in [7, 11) is 1.67. The van der Waals surface area contributed by atoms with Gasteiger partial charge in [-0.1, -0.05) is 43.4 Å². The van der Waals surface area contributed by atoms with Crippen LogP contribution in [-0.2, 0) is 16.1 Å². The maximum Gasteiger partial charge on any atom is 0.118 e. The van der Waals surface area contributed by atoms with Gasteiger partial charge in [0.1, 0.15) is 5.75 Å². The van der Waals surface area contributed by atoms with Crippen molar-refractivity contribution in [3.05, 3.63) is 54.1 Å². The van der Waals surface area contributed by atoms with Crippen molar-refractivity contribution in [3.63, 3.8) is 0 Å². The monoisotopic (exact) mass is 520 g/mol. The molecular weight excluding hydrogens is 476 g/mol. The van der Waals surface area contributed by atoms with Crippen LogP contribution in [0.1, 0.15) is 63.9 Å². The first-order chi connectivity index (χ1) is 16.9. The van der Waals surface area contributed by atoms with E-state index in [1.54, 1.807) is 7.11 Å². The highest BCUT2D eigenvalue weighted by Crippen LogP contribution is 2.36. The number of benzene rings is 1. The van der Waals surface area contributed by atoms with Gasteiger partial charge in [0.2, 0.25) is 0 Å². The van der Waals surface area contributed by atoms with Crippen LogP contribution in [0.4, 0.5) is 0 Å². The smallest absolute Gasteiger partial charge is 0.118 e. The number of hydrogen-bond donors (Lipinski definition) is 1. The predicted molar refractivity (Wildman–Crippen MR) is 150 cm³/mol. The molecule has 0 aromatic heterocycles. The van der Waals surface area contributed by atoms with Gasteiger partial charge >= 0.3 is 0 Å². The lowest BCUT2D eigenvalue weighted by Crippen LogP contribution is -2.32. The van der Waals surface area contributed by atoms with Gasteiger partial charge in [-0.2, -0.15) is 0 Å². The van der Waals surface area contributed by atoms with E-state index in [-0.39, 0.29) is 12.2 Å². The number of ether oxygens (including phenoxy) is 3. The van der Waals surface area contributed by atoms with Gasteiger partial charge < -0.3 is 19.3 Å². The van der Waals surface area contributed by atoms with Gasteiger partial charge in [-0.05, 0) is 80.1 Å². The molecule has 0 unspecified atom stereocenters. The van der Waals surface area contributed by atoms with Gasteiger partial charge in [0.25, 0.3) is 0 Å². The van der Waals surface area contributed by atoms with Crippen molar-refractivity contribution in [2.45, 2.75) is 87.8 Å². The summed E-state index contributed by atoms with van der Waals surface area (Å²) < 4.78 is 18.1. The summed E-state index contributed by atoms with van der Waals surface area (Å²) in [6, 6.07) is 7.95. The normalized spacial score (nSPS) is 23.1. The highest BCUT2D eigenvalue weighted by Gasteiger charge is 2.27. The minimum absolute atomic E-state index is 0.0241. The van der Waals surface area contributed by atoms with E-state index in [0.29, 0.717) is 32.0 Å². The lowest BCUT2D eigenvalue weighted by atomic mass is 9.89. The van der Waals surface area contributed by atoms with Crippen molar-refractivity contribution >= 4 is 23.5 Å². The Balaban J connectivity index is 1.33. The van der Waals surface area contributed by atoms with Crippen LogP contribution in [0.3, 0.4) is 0 Å². The van der Waals surface area contributed by atoms with Crippen LogP contribution in [0.5, 0.6) is 5.75 Å². The molecule has 0 saturated carbocycles. The third-order valence-corrected chi connectivity index (χ3v) is 9.97. The Morgan fingerprint density at radius 1 is 1.14 bits per heavy atom. The van der Waals surface area contributed by atoms with Crippen molar-refractivity contribution in [1.82, 2.24) is 0 Å². The van der Waals surface area contributed by atoms with Crippen molar-refractivity contribution in [2.75, 3.05) is 25.2 Å². The Kier molecular flexibility index (Phi) is 12.6. The van der Waals surface area contributed by atoms with E-state index in [0.717, 1.165) is 41.6 Å². The zero-order valence-electron chi connectivity index (χ0n) is 21.6. The van der Waals surface area contributed by atoms with E-state index in [1.807, 2.05) is 24.3 Å². The lowest BCUT2D eigenvalue weighted by molar-refractivity contribution is -0.0644. The molecule has 35 heavy (non-hydrogen) atoms. The molecule has 4 nitrogen and oxygen atoms in total. The quantitative estimate of drug-likeness (QED) is 0.210. The van der Waals surface area contributed by atoms with Crippen molar-refractivity contribution < 1.29 is 19.3 Å². The summed E-state index contributed by atoms with van der Waals surface area (Å²) in [6.07, 6.45) is 7.30. The highest BCUT2D eigenvalue weighted by molar-refractivity contribution is 8.17. The molecule has 2 saturated heterocycles. The van der Waals surface area contributed by atoms with Crippen molar-refractivity contribution in [2.24, 2.45) is 5.92 Å². The molecule has 2 aliphatic rings. The second-order valence-electron chi connectivity index (χ2n) is 9.98. The molecule has 0 aliphatic carbocycles. The van der Waals surface area contributed by atoms with Crippen LogP contribution < -0.4 is 4.74 Å². The van der Waals surface area contributed by atoms with Gasteiger partial charge in [-0.25, -0.2) is 0 Å². The number of thioether (sulfide) groups is 2. The molecule has 6 heteroatoms. The molecule has 196 valence electrons. The molecular formula is C29H44O4S2. The Hall–Kier alpha value is -0.920. The van der Waals surface area contributed by atoms with Crippen LogP contribution in [-0.4, -0.2) is 53.2 Å². The van der Waals surface area contributed by atoms with Crippen molar-refractivity contribution in [1.29, 1.82) is 0 Å². The van der Waals surface area contributed by atoms with E-state index in [9.17, 15) is 5.11 Å². The summed E-state index contributed by atoms with van der Waals surface area (Å²) in [6.45, 7) is 12.0. The van der Waals surface area contributed by atoms with Crippen LogP contribution in [0, 0.1) is 5.92 Å². The first-order valence-electron chi connectivity index (χ1n) is 13.0. The molecule has 0 amide bonds. The number of rotatable bonds is 14. The van der Waals surface area contributed by atoms with Crippen LogP contribution in [0.25, 0.3) is 0 Å². The van der Waals surface area contributed by atoms with Crippen LogP contribution in [0.2, 0.25) is 0 Å². The third kappa shape index (κ3) is 10.5. The fraction of sp³-hybridized carbons (Fsp3) is 0.655. The highest BCUT2D eigenvalue weighted by atomic mass is 32.2. The van der Waals surface area contributed by atoms with Gasteiger partial charge in [-0.15, -0.1) is 23.5 Å². The van der Waals surface area contributed by atoms with Gasteiger partial charge in [0, 0.05) is 13.0 Å². The molecule has 0 bridgehead atoms. The van der Waals surface area contributed by atoms with Crippen LogP contribution >= 0.6 is 23.5 Å². The first-order valence-corrected chi connectivity index (χ1v) is 15.1. The fourth-order valence-electron chi connectivity index (χ4n) is 4.72. The predicted octanol–water partition coefficient (Wildman–Crippen LogP) is 7.02. The number of aliphatic hydroxyl groups excluding tert-OH is 1. The van der Waals surface area contributed by atoms with E-state index >= 15 is 0 Å². The van der Waals surface area contributed by atoms with Crippen molar-refractivity contribution in [3.8, 4) is 5.75 Å². The van der Waals surface area contributed by atoms with E-state index < -0.39 is 6.10 Å². The van der Waals surface area contributed by atoms with Gasteiger partial charge in [0.05, 0.1) is 36.6 Å². The lowest BCUT2D eigenvalue weighted by Gasteiger charge is -2.33. The molecule has 2 fully saturated rings. The van der Waals surface area contributed by atoms with E-state index in [4.69, 9.17) is 14.2 Å². The van der Waals surface area contributed by atoms with Gasteiger partial charge in [0.15, 0.2) is 0 Å². The second kappa shape index (κ2) is 15.4. The minimum atomic E-state index is -0.411. The summed E-state index contributed by atoms with van der Waals surface area (Å²) in [4.78, 5) is 0. The maximum absolute atomic E-state index is 10.8. The Bertz CT molecular complexity index is 775. The molecule has 4 atom stereocenters. The molecule has 1 aromatic carbocycles. The summed E-state index contributed by atoms with van der Waals surface area (Å²) >= 11 is 4.21. The minimum Gasteiger partial charge on any atom is -0.497 e. The average molecular weight is 521 g/mol. The largest absolute Gasteiger partial charge is 0.497 e. The summed E-state index contributed by atoms with van der Waals surface area (Å²) in [5.41, 5.74) is 3.51. The second-order valence-corrected chi connectivity index (χ2v) is 12.9. The third-order valence-electron chi connectivity index (χ3n) is 6.89. The Morgan fingerprint density at radius 3 is 2.57 bits per heavy atom. The molecule has 1 N–H and O–H groups in total. The molecule has 0 radical (unpaired) electrons. The fourth-order valence-corrected chi connectivity index (χ4v) is 7.61. The number of methoxy groups -OCH3 is 1.